The monoisotopic (exact) mass is 423 g/mol. The van der Waals surface area contributed by atoms with Crippen molar-refractivity contribution in [2.75, 3.05) is 6.61 Å². The fourth-order valence-electron chi connectivity index (χ4n) is 2.47. The molecule has 3 rings (SSSR count). The van der Waals surface area contributed by atoms with Crippen LogP contribution in [0.4, 0.5) is 0 Å². The molecule has 3 aromatic rings. The largest absolute Gasteiger partial charge is 0.480 e. The van der Waals surface area contributed by atoms with Gasteiger partial charge in [0, 0.05) is 5.02 Å². The number of allylic oxidation sites excluding steroid dienone is 1. The summed E-state index contributed by atoms with van der Waals surface area (Å²) in [4.78, 5) is 12.0. The Morgan fingerprint density at radius 2 is 1.66 bits per heavy atom. The maximum absolute atomic E-state index is 12.0. The Morgan fingerprint density at radius 3 is 2.31 bits per heavy atom. The summed E-state index contributed by atoms with van der Waals surface area (Å²) in [6, 6.07) is 22.9. The zero-order valence-electron chi connectivity index (χ0n) is 15.1. The highest BCUT2D eigenvalue weighted by atomic mass is 35.5. The van der Waals surface area contributed by atoms with E-state index in [0.717, 1.165) is 11.1 Å². The minimum atomic E-state index is -0.549. The summed E-state index contributed by atoms with van der Waals surface area (Å²) in [5, 5.41) is 10.4. The molecule has 0 amide bonds. The van der Waals surface area contributed by atoms with E-state index in [4.69, 9.17) is 32.7 Å². The second-order valence-electron chi connectivity index (χ2n) is 5.94. The molecule has 0 atom stereocenters. The Kier molecular flexibility index (Phi) is 6.91. The van der Waals surface area contributed by atoms with Crippen molar-refractivity contribution in [3.05, 3.63) is 94.0 Å². The average Bonchev–Trinajstić information content (AvgIpc) is 2.73. The van der Waals surface area contributed by atoms with Gasteiger partial charge in [0.15, 0.2) is 6.61 Å². The van der Waals surface area contributed by atoms with E-state index in [1.165, 1.54) is 0 Å². The molecule has 0 aliphatic rings. The van der Waals surface area contributed by atoms with Crippen LogP contribution in [0.5, 0.6) is 11.5 Å². The maximum atomic E-state index is 12.0. The second kappa shape index (κ2) is 9.79. The minimum Gasteiger partial charge on any atom is -0.480 e. The third-order valence-electron chi connectivity index (χ3n) is 3.88. The fraction of sp³-hybridized carbons (Fsp3) is 0.0435. The molecule has 4 nitrogen and oxygen atoms in total. The van der Waals surface area contributed by atoms with Crippen LogP contribution in [0.15, 0.2) is 72.8 Å². The predicted octanol–water partition coefficient (Wildman–Crippen LogP) is 6.04. The van der Waals surface area contributed by atoms with Gasteiger partial charge in [0.1, 0.15) is 11.5 Å². The van der Waals surface area contributed by atoms with Gasteiger partial charge in [-0.15, -0.1) is 0 Å². The molecule has 3 aromatic carbocycles. The molecular weight excluding hydrogens is 409 g/mol. The molecule has 6 heteroatoms. The lowest BCUT2D eigenvalue weighted by atomic mass is 10.0. The molecule has 0 N–H and O–H groups in total. The summed E-state index contributed by atoms with van der Waals surface area (Å²) in [7, 11) is 0. The standard InChI is InChI=1S/C23H15Cl2NO3/c24-19-9-7-17(8-10-19)18(14-26)13-16-5-11-20(12-6-16)29-23(27)15-28-22-4-2-1-3-21(22)25/h1-13H,15H2/b18-13-. The first kappa shape index (κ1) is 20.5. The summed E-state index contributed by atoms with van der Waals surface area (Å²) in [6.45, 7) is -0.263. The van der Waals surface area contributed by atoms with E-state index in [9.17, 15) is 10.1 Å². The zero-order chi connectivity index (χ0) is 20.6. The van der Waals surface area contributed by atoms with Crippen molar-refractivity contribution >= 4 is 40.8 Å². The number of esters is 1. The SMILES string of the molecule is N#C/C(=C/c1ccc(OC(=O)COc2ccccc2Cl)cc1)c1ccc(Cl)cc1. The Bertz CT molecular complexity index is 1070. The van der Waals surface area contributed by atoms with Crippen LogP contribution in [-0.2, 0) is 4.79 Å². The molecule has 29 heavy (non-hydrogen) atoms. The molecule has 0 aromatic heterocycles. The number of hydrogen-bond acceptors (Lipinski definition) is 4. The number of nitrogens with zero attached hydrogens (tertiary/aromatic N) is 1. The summed E-state index contributed by atoms with van der Waals surface area (Å²) in [5.41, 5.74) is 2.06. The lowest BCUT2D eigenvalue weighted by Gasteiger charge is -2.08. The maximum Gasteiger partial charge on any atom is 0.349 e. The number of ether oxygens (including phenoxy) is 2. The summed E-state index contributed by atoms with van der Waals surface area (Å²) in [5.74, 6) is 0.241. The summed E-state index contributed by atoms with van der Waals surface area (Å²) in [6.07, 6.45) is 1.75. The van der Waals surface area contributed by atoms with Gasteiger partial charge in [-0.1, -0.05) is 59.6 Å². The number of carbonyl (C=O) groups is 1. The molecule has 0 radical (unpaired) electrons. The first-order valence-electron chi connectivity index (χ1n) is 8.61. The number of rotatable bonds is 6. The van der Waals surface area contributed by atoms with Crippen molar-refractivity contribution in [2.45, 2.75) is 0 Å². The van der Waals surface area contributed by atoms with Crippen LogP contribution in [0.25, 0.3) is 11.6 Å². The van der Waals surface area contributed by atoms with Crippen molar-refractivity contribution < 1.29 is 14.3 Å². The van der Waals surface area contributed by atoms with Crippen molar-refractivity contribution in [3.8, 4) is 17.6 Å². The molecule has 0 aliphatic carbocycles. The van der Waals surface area contributed by atoms with E-state index >= 15 is 0 Å². The Morgan fingerprint density at radius 1 is 0.966 bits per heavy atom. The van der Waals surface area contributed by atoms with Gasteiger partial charge in [0.2, 0.25) is 0 Å². The molecule has 0 spiro atoms. The van der Waals surface area contributed by atoms with E-state index in [-0.39, 0.29) is 6.61 Å². The van der Waals surface area contributed by atoms with Gasteiger partial charge in [0.25, 0.3) is 0 Å². The topological polar surface area (TPSA) is 59.3 Å². The number of nitriles is 1. The van der Waals surface area contributed by atoms with Crippen LogP contribution in [0, 0.1) is 11.3 Å². The quantitative estimate of drug-likeness (QED) is 0.209. The van der Waals surface area contributed by atoms with Crippen LogP contribution in [0.3, 0.4) is 0 Å². The van der Waals surface area contributed by atoms with E-state index in [2.05, 4.69) is 6.07 Å². The van der Waals surface area contributed by atoms with E-state index in [1.54, 1.807) is 78.9 Å². The van der Waals surface area contributed by atoms with Crippen molar-refractivity contribution in [2.24, 2.45) is 0 Å². The molecule has 0 bridgehead atoms. The third kappa shape index (κ3) is 5.86. The highest BCUT2D eigenvalue weighted by Crippen LogP contribution is 2.24. The van der Waals surface area contributed by atoms with Gasteiger partial charge < -0.3 is 9.47 Å². The third-order valence-corrected chi connectivity index (χ3v) is 4.44. The molecule has 0 saturated carbocycles. The van der Waals surface area contributed by atoms with Gasteiger partial charge in [-0.05, 0) is 53.6 Å². The normalized spacial score (nSPS) is 10.9. The van der Waals surface area contributed by atoms with Crippen LogP contribution in [0.1, 0.15) is 11.1 Å². The summed E-state index contributed by atoms with van der Waals surface area (Å²) >= 11 is 11.9. The average molecular weight is 424 g/mol. The van der Waals surface area contributed by atoms with Gasteiger partial charge in [-0.3, -0.25) is 0 Å². The number of carbonyl (C=O) groups excluding carboxylic acids is 1. The number of halogens is 2. The predicted molar refractivity (Wildman–Crippen MR) is 114 cm³/mol. The lowest BCUT2D eigenvalue weighted by Crippen LogP contribution is -2.17. The van der Waals surface area contributed by atoms with Crippen LogP contribution in [-0.4, -0.2) is 12.6 Å². The summed E-state index contributed by atoms with van der Waals surface area (Å²) < 4.78 is 10.6. The lowest BCUT2D eigenvalue weighted by molar-refractivity contribution is -0.136. The molecule has 0 heterocycles. The minimum absolute atomic E-state index is 0.263. The molecule has 0 unspecified atom stereocenters. The van der Waals surface area contributed by atoms with E-state index < -0.39 is 5.97 Å². The smallest absolute Gasteiger partial charge is 0.349 e. The van der Waals surface area contributed by atoms with E-state index in [1.807, 2.05) is 0 Å². The highest BCUT2D eigenvalue weighted by molar-refractivity contribution is 6.32. The van der Waals surface area contributed by atoms with Crippen molar-refractivity contribution in [3.63, 3.8) is 0 Å². The molecule has 144 valence electrons. The first-order valence-corrected chi connectivity index (χ1v) is 9.36. The molecule has 0 aliphatic heterocycles. The fourth-order valence-corrected chi connectivity index (χ4v) is 2.78. The van der Waals surface area contributed by atoms with Crippen LogP contribution < -0.4 is 9.47 Å². The van der Waals surface area contributed by atoms with Gasteiger partial charge in [0.05, 0.1) is 16.7 Å². The van der Waals surface area contributed by atoms with Crippen molar-refractivity contribution in [1.29, 1.82) is 5.26 Å². The van der Waals surface area contributed by atoms with Crippen LogP contribution >= 0.6 is 23.2 Å². The highest BCUT2D eigenvalue weighted by Gasteiger charge is 2.08. The van der Waals surface area contributed by atoms with Gasteiger partial charge >= 0.3 is 5.97 Å². The van der Waals surface area contributed by atoms with Gasteiger partial charge in [-0.25, -0.2) is 4.79 Å². The molecule has 0 fully saturated rings. The second-order valence-corrected chi connectivity index (χ2v) is 6.78. The Hall–Kier alpha value is -3.26. The Balaban J connectivity index is 1.62. The molecule has 0 saturated heterocycles. The van der Waals surface area contributed by atoms with E-state index in [0.29, 0.717) is 27.1 Å². The van der Waals surface area contributed by atoms with Gasteiger partial charge in [-0.2, -0.15) is 5.26 Å². The Labute approximate surface area is 178 Å². The zero-order valence-corrected chi connectivity index (χ0v) is 16.7. The van der Waals surface area contributed by atoms with Crippen LogP contribution in [0.2, 0.25) is 10.0 Å². The number of benzene rings is 3. The number of para-hydroxylation sites is 1. The van der Waals surface area contributed by atoms with Crippen molar-refractivity contribution in [1.82, 2.24) is 0 Å². The number of hydrogen-bond donors (Lipinski definition) is 0. The first-order chi connectivity index (χ1) is 14.0. The molecular formula is C23H15Cl2NO3.